The molecule has 0 aromatic carbocycles. The number of nitrogens with zero attached hydrogens (tertiary/aromatic N) is 1. The highest BCUT2D eigenvalue weighted by atomic mass is 16.5. The van der Waals surface area contributed by atoms with E-state index >= 15 is 0 Å². The lowest BCUT2D eigenvalue weighted by atomic mass is 10.0. The van der Waals surface area contributed by atoms with Crippen molar-refractivity contribution in [2.75, 3.05) is 32.8 Å². The van der Waals surface area contributed by atoms with Crippen LogP contribution in [0.25, 0.3) is 0 Å². The maximum Gasteiger partial charge on any atom is 0.307 e. The number of amides is 1. The minimum Gasteiger partial charge on any atom is -0.466 e. The SMILES string of the molecule is CCOC(=O)CCNC(=O)C1CCCN1C1CCNCC1. The molecule has 21 heavy (non-hydrogen) atoms. The Balaban J connectivity index is 1.76. The molecule has 0 saturated carbocycles. The van der Waals surface area contributed by atoms with Crippen LogP contribution in [0, 0.1) is 0 Å². The molecule has 2 aliphatic rings. The molecule has 6 nitrogen and oxygen atoms in total. The van der Waals surface area contributed by atoms with Gasteiger partial charge in [-0.25, -0.2) is 0 Å². The van der Waals surface area contributed by atoms with Crippen molar-refractivity contribution in [2.45, 2.75) is 51.1 Å². The first-order valence-electron chi connectivity index (χ1n) is 8.12. The van der Waals surface area contributed by atoms with Gasteiger partial charge in [-0.1, -0.05) is 0 Å². The summed E-state index contributed by atoms with van der Waals surface area (Å²) in [6, 6.07) is 0.504. The maximum absolute atomic E-state index is 12.3. The van der Waals surface area contributed by atoms with E-state index in [0.29, 0.717) is 19.2 Å². The molecule has 2 saturated heterocycles. The Morgan fingerprint density at radius 1 is 1.29 bits per heavy atom. The Labute approximate surface area is 126 Å². The van der Waals surface area contributed by atoms with Gasteiger partial charge < -0.3 is 15.4 Å². The van der Waals surface area contributed by atoms with Gasteiger partial charge >= 0.3 is 5.97 Å². The molecule has 0 aromatic rings. The Bertz CT molecular complexity index is 356. The summed E-state index contributed by atoms with van der Waals surface area (Å²) in [6.07, 6.45) is 4.49. The molecule has 0 bridgehead atoms. The molecule has 1 amide bonds. The molecule has 2 N–H and O–H groups in total. The van der Waals surface area contributed by atoms with E-state index in [2.05, 4.69) is 15.5 Å². The summed E-state index contributed by atoms with van der Waals surface area (Å²) in [4.78, 5) is 25.9. The normalized spacial score (nSPS) is 24.0. The number of esters is 1. The van der Waals surface area contributed by atoms with Gasteiger partial charge in [0.25, 0.3) is 0 Å². The van der Waals surface area contributed by atoms with E-state index in [0.717, 1.165) is 45.3 Å². The molecule has 1 atom stereocenters. The standard InChI is InChI=1S/C15H27N3O3/c1-2-21-14(19)7-10-17-15(20)13-4-3-11-18(13)12-5-8-16-9-6-12/h12-13,16H,2-11H2,1H3,(H,17,20). The first-order chi connectivity index (χ1) is 10.2. The minimum absolute atomic E-state index is 0.0182. The van der Waals surface area contributed by atoms with Gasteiger partial charge in [0, 0.05) is 12.6 Å². The number of rotatable bonds is 6. The quantitative estimate of drug-likeness (QED) is 0.689. The van der Waals surface area contributed by atoms with Crippen LogP contribution in [0.2, 0.25) is 0 Å². The first-order valence-corrected chi connectivity index (χ1v) is 8.12. The number of ether oxygens (including phenoxy) is 1. The second kappa shape index (κ2) is 8.34. The molecule has 0 radical (unpaired) electrons. The van der Waals surface area contributed by atoms with Crippen molar-refractivity contribution in [2.24, 2.45) is 0 Å². The van der Waals surface area contributed by atoms with Gasteiger partial charge in [0.1, 0.15) is 0 Å². The third-order valence-corrected chi connectivity index (χ3v) is 4.31. The zero-order valence-electron chi connectivity index (χ0n) is 12.9. The molecule has 2 rings (SSSR count). The Morgan fingerprint density at radius 3 is 2.76 bits per heavy atom. The van der Waals surface area contributed by atoms with Gasteiger partial charge in [-0.3, -0.25) is 14.5 Å². The van der Waals surface area contributed by atoms with Crippen LogP contribution in [0.4, 0.5) is 0 Å². The van der Waals surface area contributed by atoms with Crippen LogP contribution in [-0.4, -0.2) is 61.6 Å². The fourth-order valence-electron chi connectivity index (χ4n) is 3.28. The summed E-state index contributed by atoms with van der Waals surface area (Å²) in [5, 5.41) is 6.25. The van der Waals surface area contributed by atoms with Crippen LogP contribution >= 0.6 is 0 Å². The highest BCUT2D eigenvalue weighted by Gasteiger charge is 2.35. The van der Waals surface area contributed by atoms with E-state index in [1.54, 1.807) is 6.92 Å². The monoisotopic (exact) mass is 297 g/mol. The van der Waals surface area contributed by atoms with E-state index in [1.165, 1.54) is 0 Å². The molecule has 2 aliphatic heterocycles. The largest absolute Gasteiger partial charge is 0.466 e. The highest BCUT2D eigenvalue weighted by molar-refractivity contribution is 5.82. The average Bonchev–Trinajstić information content (AvgIpc) is 2.98. The third-order valence-electron chi connectivity index (χ3n) is 4.31. The van der Waals surface area contributed by atoms with Gasteiger partial charge in [0.2, 0.25) is 5.91 Å². The molecule has 0 aliphatic carbocycles. The summed E-state index contributed by atoms with van der Waals surface area (Å²) >= 11 is 0. The third kappa shape index (κ3) is 4.68. The molecule has 0 aromatic heterocycles. The molecule has 6 heteroatoms. The predicted octanol–water partition coefficient (Wildman–Crippen LogP) is 0.272. The van der Waals surface area contributed by atoms with Gasteiger partial charge in [0.15, 0.2) is 0 Å². The molecule has 0 spiro atoms. The number of hydrogen-bond acceptors (Lipinski definition) is 5. The molecular formula is C15H27N3O3. The summed E-state index contributed by atoms with van der Waals surface area (Å²) in [6.45, 7) is 5.64. The first kappa shape index (κ1) is 16.2. The number of hydrogen-bond donors (Lipinski definition) is 2. The van der Waals surface area contributed by atoms with E-state index in [4.69, 9.17) is 4.74 Å². The molecule has 120 valence electrons. The van der Waals surface area contributed by atoms with Crippen LogP contribution in [-0.2, 0) is 14.3 Å². The van der Waals surface area contributed by atoms with Crippen molar-refractivity contribution in [3.8, 4) is 0 Å². The number of carbonyl (C=O) groups is 2. The molecular weight excluding hydrogens is 270 g/mol. The van der Waals surface area contributed by atoms with Crippen LogP contribution < -0.4 is 10.6 Å². The maximum atomic E-state index is 12.3. The van der Waals surface area contributed by atoms with Crippen LogP contribution in [0.3, 0.4) is 0 Å². The van der Waals surface area contributed by atoms with E-state index in [9.17, 15) is 9.59 Å². The van der Waals surface area contributed by atoms with Gasteiger partial charge in [-0.15, -0.1) is 0 Å². The van der Waals surface area contributed by atoms with E-state index in [-0.39, 0.29) is 24.3 Å². The van der Waals surface area contributed by atoms with Crippen LogP contribution in [0.1, 0.15) is 39.0 Å². The van der Waals surface area contributed by atoms with E-state index in [1.807, 2.05) is 0 Å². The minimum atomic E-state index is -0.251. The van der Waals surface area contributed by atoms with Crippen molar-refractivity contribution in [1.82, 2.24) is 15.5 Å². The average molecular weight is 297 g/mol. The smallest absolute Gasteiger partial charge is 0.307 e. The number of carbonyl (C=O) groups excluding carboxylic acids is 2. The summed E-state index contributed by atoms with van der Waals surface area (Å²) in [5.41, 5.74) is 0. The Kier molecular flexibility index (Phi) is 6.45. The van der Waals surface area contributed by atoms with Gasteiger partial charge in [-0.2, -0.15) is 0 Å². The second-order valence-corrected chi connectivity index (χ2v) is 5.72. The summed E-state index contributed by atoms with van der Waals surface area (Å²) in [5.74, 6) is -0.185. The predicted molar refractivity (Wildman–Crippen MR) is 79.9 cm³/mol. The zero-order chi connectivity index (χ0) is 15.1. The Morgan fingerprint density at radius 2 is 2.05 bits per heavy atom. The Hall–Kier alpha value is -1.14. The summed E-state index contributed by atoms with van der Waals surface area (Å²) in [7, 11) is 0. The fraction of sp³-hybridized carbons (Fsp3) is 0.867. The van der Waals surface area contributed by atoms with Gasteiger partial charge in [-0.05, 0) is 52.2 Å². The molecule has 1 unspecified atom stereocenters. The zero-order valence-corrected chi connectivity index (χ0v) is 12.9. The number of nitrogens with one attached hydrogen (secondary N) is 2. The van der Waals surface area contributed by atoms with Crippen molar-refractivity contribution in [1.29, 1.82) is 0 Å². The van der Waals surface area contributed by atoms with E-state index < -0.39 is 0 Å². The number of likely N-dealkylation sites (tertiary alicyclic amines) is 1. The lowest BCUT2D eigenvalue weighted by Gasteiger charge is -2.35. The van der Waals surface area contributed by atoms with Crippen molar-refractivity contribution < 1.29 is 14.3 Å². The van der Waals surface area contributed by atoms with Crippen molar-refractivity contribution in [3.05, 3.63) is 0 Å². The lowest BCUT2D eigenvalue weighted by Crippen LogP contribution is -2.50. The number of piperidine rings is 1. The lowest BCUT2D eigenvalue weighted by molar-refractivity contribution is -0.143. The second-order valence-electron chi connectivity index (χ2n) is 5.72. The van der Waals surface area contributed by atoms with Crippen molar-refractivity contribution in [3.63, 3.8) is 0 Å². The molecule has 2 heterocycles. The highest BCUT2D eigenvalue weighted by Crippen LogP contribution is 2.24. The topological polar surface area (TPSA) is 70.7 Å². The van der Waals surface area contributed by atoms with Crippen LogP contribution in [0.15, 0.2) is 0 Å². The summed E-state index contributed by atoms with van der Waals surface area (Å²) < 4.78 is 4.86. The molecule has 2 fully saturated rings. The van der Waals surface area contributed by atoms with Gasteiger partial charge in [0.05, 0.1) is 19.1 Å². The van der Waals surface area contributed by atoms with Crippen molar-refractivity contribution >= 4 is 11.9 Å². The van der Waals surface area contributed by atoms with Crippen LogP contribution in [0.5, 0.6) is 0 Å². The fourth-order valence-corrected chi connectivity index (χ4v) is 3.28.